The van der Waals surface area contributed by atoms with Crippen molar-refractivity contribution >= 4 is 11.7 Å². The molecule has 0 spiro atoms. The average molecular weight is 312 g/mol. The Kier molecular flexibility index (Phi) is 8.66. The van der Waals surface area contributed by atoms with Crippen molar-refractivity contribution in [2.75, 3.05) is 0 Å². The maximum Gasteiger partial charge on any atom is 0.256 e. The summed E-state index contributed by atoms with van der Waals surface area (Å²) in [6.07, 6.45) is 8.65. The molecule has 0 aliphatic heterocycles. The molecule has 1 aromatic rings. The zero-order valence-electron chi connectivity index (χ0n) is 14.5. The van der Waals surface area contributed by atoms with Gasteiger partial charge in [0.05, 0.1) is 0 Å². The molecule has 1 unspecified atom stereocenters. The first kappa shape index (κ1) is 18.9. The number of carbonyl (C=O) groups excluding carboxylic acids is 1. The summed E-state index contributed by atoms with van der Waals surface area (Å²) in [5, 5.41) is 2.93. The smallest absolute Gasteiger partial charge is 0.256 e. The Bertz CT molecular complexity index is 544. The van der Waals surface area contributed by atoms with Gasteiger partial charge in [0.2, 0.25) is 0 Å². The van der Waals surface area contributed by atoms with E-state index in [1.54, 1.807) is 12.1 Å². The van der Waals surface area contributed by atoms with Crippen molar-refractivity contribution in [3.8, 4) is 0 Å². The van der Waals surface area contributed by atoms with Crippen LogP contribution in [0.15, 0.2) is 60.3 Å². The second kappa shape index (κ2) is 10.5. The molecular weight excluding hydrogens is 284 g/mol. The number of aliphatic imine (C=N–C) groups is 1. The Balaban J connectivity index is 2.77. The SMILES string of the molecule is C=CN=C(CC(C/C=C\CC)C(C)C)NC(=O)c1ccccc1. The molecule has 0 fully saturated rings. The fourth-order valence-corrected chi connectivity index (χ4v) is 2.32. The summed E-state index contributed by atoms with van der Waals surface area (Å²) in [5.74, 6) is 1.50. The van der Waals surface area contributed by atoms with Gasteiger partial charge in [0.1, 0.15) is 5.84 Å². The molecule has 23 heavy (non-hydrogen) atoms. The summed E-state index contributed by atoms with van der Waals surface area (Å²) in [6.45, 7) is 10.2. The molecule has 3 heteroatoms. The highest BCUT2D eigenvalue weighted by atomic mass is 16.1. The van der Waals surface area contributed by atoms with Crippen LogP contribution in [0.2, 0.25) is 0 Å². The number of amides is 1. The van der Waals surface area contributed by atoms with Crippen LogP contribution in [-0.2, 0) is 0 Å². The molecule has 1 atom stereocenters. The first-order chi connectivity index (χ1) is 11.1. The van der Waals surface area contributed by atoms with Crippen molar-refractivity contribution in [1.29, 1.82) is 0 Å². The number of amidine groups is 1. The molecule has 124 valence electrons. The fraction of sp³-hybridized carbons (Fsp3) is 0.400. The Morgan fingerprint density at radius 2 is 1.96 bits per heavy atom. The largest absolute Gasteiger partial charge is 0.310 e. The Morgan fingerprint density at radius 1 is 1.26 bits per heavy atom. The second-order valence-electron chi connectivity index (χ2n) is 5.90. The van der Waals surface area contributed by atoms with Gasteiger partial charge in [-0.25, -0.2) is 4.99 Å². The van der Waals surface area contributed by atoms with E-state index in [0.29, 0.717) is 23.2 Å². The number of nitrogens with one attached hydrogen (secondary N) is 1. The molecule has 0 saturated heterocycles. The molecule has 0 aliphatic rings. The Labute approximate surface area is 140 Å². The maximum atomic E-state index is 12.3. The van der Waals surface area contributed by atoms with Crippen LogP contribution >= 0.6 is 0 Å². The van der Waals surface area contributed by atoms with E-state index in [9.17, 15) is 4.79 Å². The number of benzene rings is 1. The third-order valence-electron chi connectivity index (χ3n) is 3.78. The van der Waals surface area contributed by atoms with Gasteiger partial charge in [-0.3, -0.25) is 4.79 Å². The van der Waals surface area contributed by atoms with Crippen molar-refractivity contribution in [2.24, 2.45) is 16.8 Å². The minimum absolute atomic E-state index is 0.127. The second-order valence-corrected chi connectivity index (χ2v) is 5.90. The lowest BCUT2D eigenvalue weighted by molar-refractivity contribution is 0.0975. The minimum Gasteiger partial charge on any atom is -0.310 e. The number of hydrogen-bond donors (Lipinski definition) is 1. The van der Waals surface area contributed by atoms with Crippen molar-refractivity contribution in [3.05, 3.63) is 60.8 Å². The van der Waals surface area contributed by atoms with Crippen LogP contribution in [-0.4, -0.2) is 11.7 Å². The van der Waals surface area contributed by atoms with Gasteiger partial charge < -0.3 is 5.32 Å². The van der Waals surface area contributed by atoms with Crippen molar-refractivity contribution < 1.29 is 4.79 Å². The topological polar surface area (TPSA) is 41.5 Å². The molecule has 0 radical (unpaired) electrons. The van der Waals surface area contributed by atoms with E-state index >= 15 is 0 Å². The predicted octanol–water partition coefficient (Wildman–Crippen LogP) is 4.98. The summed E-state index contributed by atoms with van der Waals surface area (Å²) in [4.78, 5) is 16.6. The van der Waals surface area contributed by atoms with Crippen molar-refractivity contribution in [3.63, 3.8) is 0 Å². The van der Waals surface area contributed by atoms with Gasteiger partial charge in [-0.15, -0.1) is 0 Å². The van der Waals surface area contributed by atoms with E-state index < -0.39 is 0 Å². The third-order valence-corrected chi connectivity index (χ3v) is 3.78. The van der Waals surface area contributed by atoms with Crippen LogP contribution in [0.5, 0.6) is 0 Å². The lowest BCUT2D eigenvalue weighted by Crippen LogP contribution is -2.32. The van der Waals surface area contributed by atoms with Crippen molar-refractivity contribution in [1.82, 2.24) is 5.32 Å². The van der Waals surface area contributed by atoms with E-state index in [0.717, 1.165) is 19.3 Å². The normalized spacial score (nSPS) is 13.3. The average Bonchev–Trinajstić information content (AvgIpc) is 2.54. The molecule has 0 aliphatic carbocycles. The predicted molar refractivity (Wildman–Crippen MR) is 98.5 cm³/mol. The van der Waals surface area contributed by atoms with Crippen LogP contribution in [0.1, 0.15) is 50.4 Å². The number of rotatable bonds is 8. The maximum absolute atomic E-state index is 12.3. The Morgan fingerprint density at radius 3 is 2.52 bits per heavy atom. The highest BCUT2D eigenvalue weighted by Gasteiger charge is 2.17. The summed E-state index contributed by atoms with van der Waals surface area (Å²) in [6, 6.07) is 9.19. The minimum atomic E-state index is -0.127. The number of hydrogen-bond acceptors (Lipinski definition) is 2. The van der Waals surface area contributed by atoms with E-state index in [1.807, 2.05) is 18.2 Å². The number of nitrogens with zero attached hydrogens (tertiary/aromatic N) is 1. The van der Waals surface area contributed by atoms with Crippen LogP contribution in [0, 0.1) is 11.8 Å². The number of carbonyl (C=O) groups is 1. The number of allylic oxidation sites excluding steroid dienone is 2. The van der Waals surface area contributed by atoms with Gasteiger partial charge in [0.25, 0.3) is 5.91 Å². The van der Waals surface area contributed by atoms with E-state index in [-0.39, 0.29) is 5.91 Å². The van der Waals surface area contributed by atoms with Crippen molar-refractivity contribution in [2.45, 2.75) is 40.0 Å². The highest BCUT2D eigenvalue weighted by Crippen LogP contribution is 2.20. The first-order valence-corrected chi connectivity index (χ1v) is 8.27. The van der Waals surface area contributed by atoms with Gasteiger partial charge in [0.15, 0.2) is 0 Å². The third kappa shape index (κ3) is 7.09. The molecule has 0 saturated carbocycles. The van der Waals surface area contributed by atoms with Gasteiger partial charge in [-0.2, -0.15) is 0 Å². The standard InChI is InChI=1S/C20H28N2O/c1-5-7-9-14-18(16(3)4)15-19(21-6-2)22-20(23)17-12-10-8-11-13-17/h6-13,16,18H,2,5,14-15H2,1,3-4H3,(H,21,22,23)/b9-7-. The Hall–Kier alpha value is -2.16. The van der Waals surface area contributed by atoms with E-state index in [2.05, 4.69) is 49.8 Å². The summed E-state index contributed by atoms with van der Waals surface area (Å²) >= 11 is 0. The summed E-state index contributed by atoms with van der Waals surface area (Å²) in [7, 11) is 0. The molecule has 0 aromatic heterocycles. The first-order valence-electron chi connectivity index (χ1n) is 8.27. The quantitative estimate of drug-likeness (QED) is 0.410. The van der Waals surface area contributed by atoms with Gasteiger partial charge in [-0.1, -0.05) is 57.7 Å². The molecule has 1 aromatic carbocycles. The van der Waals surface area contributed by atoms with Gasteiger partial charge >= 0.3 is 0 Å². The van der Waals surface area contributed by atoms with Crippen LogP contribution < -0.4 is 5.32 Å². The van der Waals surface area contributed by atoms with Crippen LogP contribution in [0.3, 0.4) is 0 Å². The zero-order chi connectivity index (χ0) is 17.1. The molecule has 1 rings (SSSR count). The molecule has 1 N–H and O–H groups in total. The molecule has 0 heterocycles. The highest BCUT2D eigenvalue weighted by molar-refractivity contribution is 6.06. The molecule has 1 amide bonds. The zero-order valence-corrected chi connectivity index (χ0v) is 14.5. The summed E-state index contributed by atoms with van der Waals surface area (Å²) < 4.78 is 0. The summed E-state index contributed by atoms with van der Waals surface area (Å²) in [5.41, 5.74) is 0.635. The van der Waals surface area contributed by atoms with Gasteiger partial charge in [0, 0.05) is 18.2 Å². The molecule has 0 bridgehead atoms. The fourth-order valence-electron chi connectivity index (χ4n) is 2.32. The lowest BCUT2D eigenvalue weighted by Gasteiger charge is -2.20. The molecule has 3 nitrogen and oxygen atoms in total. The monoisotopic (exact) mass is 312 g/mol. The van der Waals surface area contributed by atoms with E-state index in [4.69, 9.17) is 0 Å². The van der Waals surface area contributed by atoms with Crippen LogP contribution in [0.4, 0.5) is 0 Å². The molecular formula is C20H28N2O. The van der Waals surface area contributed by atoms with E-state index in [1.165, 1.54) is 6.20 Å². The lowest BCUT2D eigenvalue weighted by atomic mass is 9.88. The van der Waals surface area contributed by atoms with Crippen LogP contribution in [0.25, 0.3) is 0 Å². The van der Waals surface area contributed by atoms with Gasteiger partial charge in [-0.05, 0) is 36.8 Å².